The topological polar surface area (TPSA) is 106 Å². The van der Waals surface area contributed by atoms with Crippen LogP contribution in [0.5, 0.6) is 0 Å². The summed E-state index contributed by atoms with van der Waals surface area (Å²) in [6, 6.07) is 7.40. The van der Waals surface area contributed by atoms with Gasteiger partial charge in [0.25, 0.3) is 0 Å². The minimum atomic E-state index is -3.97. The standard InChI is InChI=1S/C21H26FN3O5S2/c22-17-3-5-18(6-4-17)32(28,29)21-15-31(26,27)14-19(21)24-13-20(16-2-1-7-23-12-16)25-8-10-30-11-9-25/h1-7,12,19-21,24H,8-11,13-15H2/t19-,20?,21-/m0/s1. The maximum absolute atomic E-state index is 13.3. The van der Waals surface area contributed by atoms with Crippen LogP contribution in [0.15, 0.2) is 53.7 Å². The van der Waals surface area contributed by atoms with Crippen LogP contribution in [0.25, 0.3) is 0 Å². The Morgan fingerprint density at radius 3 is 2.53 bits per heavy atom. The molecular formula is C21H26FN3O5S2. The number of hydrogen-bond acceptors (Lipinski definition) is 8. The predicted molar refractivity (Wildman–Crippen MR) is 117 cm³/mol. The molecule has 2 aliphatic rings. The lowest BCUT2D eigenvalue weighted by molar-refractivity contribution is 0.0157. The maximum Gasteiger partial charge on any atom is 0.183 e. The van der Waals surface area contributed by atoms with Crippen LogP contribution in [0.3, 0.4) is 0 Å². The summed E-state index contributed by atoms with van der Waals surface area (Å²) in [7, 11) is -7.51. The van der Waals surface area contributed by atoms with Gasteiger partial charge < -0.3 is 10.1 Å². The van der Waals surface area contributed by atoms with E-state index in [4.69, 9.17) is 4.74 Å². The van der Waals surface area contributed by atoms with E-state index in [9.17, 15) is 21.2 Å². The summed E-state index contributed by atoms with van der Waals surface area (Å²) in [5.41, 5.74) is 0.959. The third-order valence-electron chi connectivity index (χ3n) is 5.97. The summed E-state index contributed by atoms with van der Waals surface area (Å²) >= 11 is 0. The first kappa shape index (κ1) is 23.2. The number of pyridine rings is 1. The number of ether oxygens (including phenoxy) is 1. The van der Waals surface area contributed by atoms with E-state index >= 15 is 0 Å². The molecule has 1 unspecified atom stereocenters. The molecule has 4 rings (SSSR count). The quantitative estimate of drug-likeness (QED) is 0.577. The Morgan fingerprint density at radius 1 is 1.16 bits per heavy atom. The summed E-state index contributed by atoms with van der Waals surface area (Å²) in [6.07, 6.45) is 3.45. The Labute approximate surface area is 187 Å². The number of sulfone groups is 2. The third kappa shape index (κ3) is 5.18. The molecule has 11 heteroatoms. The molecule has 0 bridgehead atoms. The third-order valence-corrected chi connectivity index (χ3v) is 10.1. The van der Waals surface area contributed by atoms with Gasteiger partial charge in [-0.25, -0.2) is 21.2 Å². The first-order valence-corrected chi connectivity index (χ1v) is 13.8. The molecule has 2 aliphatic heterocycles. The zero-order valence-corrected chi connectivity index (χ0v) is 19.1. The Hall–Kier alpha value is -1.92. The van der Waals surface area contributed by atoms with Crippen molar-refractivity contribution < 1.29 is 26.0 Å². The second kappa shape index (κ2) is 9.52. The minimum Gasteiger partial charge on any atom is -0.379 e. The lowest BCUT2D eigenvalue weighted by Crippen LogP contribution is -2.48. The van der Waals surface area contributed by atoms with Gasteiger partial charge in [0.15, 0.2) is 19.7 Å². The first-order valence-electron chi connectivity index (χ1n) is 10.4. The number of nitrogens with one attached hydrogen (secondary N) is 1. The second-order valence-corrected chi connectivity index (χ2v) is 12.4. The highest BCUT2D eigenvalue weighted by atomic mass is 32.2. The number of nitrogens with zero attached hydrogens (tertiary/aromatic N) is 2. The molecule has 0 radical (unpaired) electrons. The molecule has 3 heterocycles. The summed E-state index contributed by atoms with van der Waals surface area (Å²) < 4.78 is 69.9. The lowest BCUT2D eigenvalue weighted by Gasteiger charge is -2.35. The number of halogens is 1. The Balaban J connectivity index is 1.57. The zero-order valence-electron chi connectivity index (χ0n) is 17.4. The summed E-state index contributed by atoms with van der Waals surface area (Å²) in [6.45, 7) is 2.97. The molecule has 2 fully saturated rings. The molecule has 3 atom stereocenters. The summed E-state index contributed by atoms with van der Waals surface area (Å²) in [4.78, 5) is 6.34. The van der Waals surface area contributed by atoms with Crippen LogP contribution < -0.4 is 5.32 Å². The van der Waals surface area contributed by atoms with Crippen molar-refractivity contribution in [2.75, 3.05) is 44.4 Å². The SMILES string of the molecule is O=S1(=O)C[C@H](NCC(c2cccnc2)N2CCOCC2)[C@@H](S(=O)(=O)c2ccc(F)cc2)C1. The van der Waals surface area contributed by atoms with Crippen LogP contribution in [-0.2, 0) is 24.4 Å². The van der Waals surface area contributed by atoms with Crippen LogP contribution in [0.1, 0.15) is 11.6 Å². The number of aromatic nitrogens is 1. The number of rotatable bonds is 7. The molecule has 0 saturated carbocycles. The molecule has 32 heavy (non-hydrogen) atoms. The summed E-state index contributed by atoms with van der Waals surface area (Å²) in [5.74, 6) is -1.28. The fourth-order valence-electron chi connectivity index (χ4n) is 4.29. The van der Waals surface area contributed by atoms with Gasteiger partial charge >= 0.3 is 0 Å². The summed E-state index contributed by atoms with van der Waals surface area (Å²) in [5, 5.41) is 2.09. The van der Waals surface area contributed by atoms with Gasteiger partial charge in [-0.1, -0.05) is 6.07 Å². The first-order chi connectivity index (χ1) is 15.3. The molecule has 2 aromatic rings. The van der Waals surface area contributed by atoms with Gasteiger partial charge in [-0.05, 0) is 35.9 Å². The van der Waals surface area contributed by atoms with E-state index in [1.165, 1.54) is 12.1 Å². The van der Waals surface area contributed by atoms with Crippen molar-refractivity contribution in [2.45, 2.75) is 22.2 Å². The highest BCUT2D eigenvalue weighted by Crippen LogP contribution is 2.27. The predicted octanol–water partition coefficient (Wildman–Crippen LogP) is 0.823. The van der Waals surface area contributed by atoms with E-state index < -0.39 is 42.5 Å². The molecule has 2 saturated heterocycles. The molecule has 0 spiro atoms. The molecule has 1 aromatic carbocycles. The Morgan fingerprint density at radius 2 is 1.88 bits per heavy atom. The van der Waals surface area contributed by atoms with E-state index in [0.29, 0.717) is 32.8 Å². The van der Waals surface area contributed by atoms with Crippen molar-refractivity contribution in [3.8, 4) is 0 Å². The Kier molecular flexibility index (Phi) is 6.91. The second-order valence-electron chi connectivity index (χ2n) is 8.08. The highest BCUT2D eigenvalue weighted by Gasteiger charge is 2.46. The normalized spacial score (nSPS) is 24.9. The average Bonchev–Trinajstić information content (AvgIpc) is 3.11. The van der Waals surface area contributed by atoms with Crippen LogP contribution in [0.4, 0.5) is 4.39 Å². The highest BCUT2D eigenvalue weighted by molar-refractivity contribution is 7.96. The van der Waals surface area contributed by atoms with Crippen molar-refractivity contribution in [2.24, 2.45) is 0 Å². The van der Waals surface area contributed by atoms with Crippen molar-refractivity contribution in [1.82, 2.24) is 15.2 Å². The van der Waals surface area contributed by atoms with Crippen molar-refractivity contribution in [3.05, 3.63) is 60.2 Å². The average molecular weight is 484 g/mol. The van der Waals surface area contributed by atoms with Gasteiger partial charge in [-0.2, -0.15) is 0 Å². The largest absolute Gasteiger partial charge is 0.379 e. The van der Waals surface area contributed by atoms with Gasteiger partial charge in [0, 0.05) is 44.1 Å². The molecule has 174 valence electrons. The van der Waals surface area contributed by atoms with Crippen LogP contribution in [0.2, 0.25) is 0 Å². The molecule has 0 amide bonds. The van der Waals surface area contributed by atoms with Crippen molar-refractivity contribution in [3.63, 3.8) is 0 Å². The van der Waals surface area contributed by atoms with Crippen LogP contribution in [0, 0.1) is 5.82 Å². The van der Waals surface area contributed by atoms with E-state index in [-0.39, 0.29) is 16.7 Å². The minimum absolute atomic E-state index is 0.0789. The molecular weight excluding hydrogens is 457 g/mol. The fraction of sp³-hybridized carbons (Fsp3) is 0.476. The van der Waals surface area contributed by atoms with Crippen LogP contribution in [-0.4, -0.2) is 82.4 Å². The van der Waals surface area contributed by atoms with E-state index in [1.54, 1.807) is 12.4 Å². The molecule has 1 aromatic heterocycles. The molecule has 1 N–H and O–H groups in total. The van der Waals surface area contributed by atoms with Gasteiger partial charge in [0.1, 0.15) is 5.82 Å². The van der Waals surface area contributed by atoms with Crippen molar-refractivity contribution >= 4 is 19.7 Å². The molecule has 8 nitrogen and oxygen atoms in total. The van der Waals surface area contributed by atoms with Gasteiger partial charge in [0.05, 0.1) is 34.9 Å². The van der Waals surface area contributed by atoms with Gasteiger partial charge in [-0.3, -0.25) is 9.88 Å². The van der Waals surface area contributed by atoms with E-state index in [1.807, 2.05) is 12.1 Å². The number of hydrogen-bond donors (Lipinski definition) is 1. The van der Waals surface area contributed by atoms with Gasteiger partial charge in [-0.15, -0.1) is 0 Å². The Bertz CT molecular complexity index is 1120. The van der Waals surface area contributed by atoms with E-state index in [0.717, 1.165) is 17.7 Å². The van der Waals surface area contributed by atoms with E-state index in [2.05, 4.69) is 15.2 Å². The monoisotopic (exact) mass is 483 g/mol. The van der Waals surface area contributed by atoms with Gasteiger partial charge in [0.2, 0.25) is 0 Å². The van der Waals surface area contributed by atoms with Crippen LogP contribution >= 0.6 is 0 Å². The smallest absolute Gasteiger partial charge is 0.183 e. The number of benzene rings is 1. The zero-order chi connectivity index (χ0) is 22.8. The maximum atomic E-state index is 13.3. The lowest BCUT2D eigenvalue weighted by atomic mass is 10.1. The fourth-order valence-corrected chi connectivity index (χ4v) is 9.01. The number of morpholine rings is 1. The van der Waals surface area contributed by atoms with Crippen molar-refractivity contribution in [1.29, 1.82) is 0 Å². The molecule has 0 aliphatic carbocycles.